The van der Waals surface area contributed by atoms with Gasteiger partial charge in [0, 0.05) is 16.3 Å². The quantitative estimate of drug-likeness (QED) is 0.635. The zero-order valence-corrected chi connectivity index (χ0v) is 15.1. The molecule has 2 heterocycles. The molecule has 0 spiro atoms. The van der Waals surface area contributed by atoms with E-state index in [0.29, 0.717) is 0 Å². The summed E-state index contributed by atoms with van der Waals surface area (Å²) in [5, 5.41) is 10.7. The second-order valence-corrected chi connectivity index (χ2v) is 7.61. The molecule has 2 aromatic heterocycles. The van der Waals surface area contributed by atoms with E-state index in [1.165, 1.54) is 27.9 Å². The molecular weight excluding hydrogens is 334 g/mol. The Balaban J connectivity index is 2.17. The van der Waals surface area contributed by atoms with E-state index in [2.05, 4.69) is 9.97 Å². The van der Waals surface area contributed by atoms with E-state index in [1.54, 1.807) is 25.2 Å². The highest BCUT2D eigenvalue weighted by atomic mass is 32.2. The van der Waals surface area contributed by atoms with E-state index >= 15 is 0 Å². The largest absolute Gasteiger partial charge is 0.480 e. The van der Waals surface area contributed by atoms with Gasteiger partial charge in [-0.3, -0.25) is 9.59 Å². The Labute approximate surface area is 142 Å². The minimum Gasteiger partial charge on any atom is -0.480 e. The van der Waals surface area contributed by atoms with Crippen molar-refractivity contribution in [1.82, 2.24) is 14.9 Å². The van der Waals surface area contributed by atoms with Crippen molar-refractivity contribution in [3.63, 3.8) is 0 Å². The van der Waals surface area contributed by atoms with Gasteiger partial charge in [0.2, 0.25) is 5.91 Å². The lowest BCUT2D eigenvalue weighted by molar-refractivity contribution is -0.144. The Hall–Kier alpha value is -1.67. The number of aryl methyl sites for hydroxylation is 2. The summed E-state index contributed by atoms with van der Waals surface area (Å²) in [6.45, 7) is 7.39. The number of aromatic nitrogens is 2. The van der Waals surface area contributed by atoms with Crippen molar-refractivity contribution >= 4 is 45.2 Å². The molecule has 8 heteroatoms. The van der Waals surface area contributed by atoms with Crippen molar-refractivity contribution in [2.45, 2.75) is 38.8 Å². The fraction of sp³-hybridized carbons (Fsp3) is 0.467. The Kier molecular flexibility index (Phi) is 5.59. The van der Waals surface area contributed by atoms with Gasteiger partial charge < -0.3 is 10.0 Å². The van der Waals surface area contributed by atoms with Gasteiger partial charge in [0.25, 0.3) is 0 Å². The molecule has 0 aromatic carbocycles. The lowest BCUT2D eigenvalue weighted by Crippen LogP contribution is -2.41. The highest BCUT2D eigenvalue weighted by Gasteiger charge is 2.21. The Morgan fingerprint density at radius 3 is 2.65 bits per heavy atom. The van der Waals surface area contributed by atoms with Crippen molar-refractivity contribution in [1.29, 1.82) is 0 Å². The van der Waals surface area contributed by atoms with Crippen LogP contribution in [-0.4, -0.2) is 50.2 Å². The van der Waals surface area contributed by atoms with Crippen LogP contribution in [0, 0.1) is 13.8 Å². The number of carbonyl (C=O) groups excluding carboxylic acids is 1. The van der Waals surface area contributed by atoms with Crippen LogP contribution in [0.25, 0.3) is 10.2 Å². The predicted molar refractivity (Wildman–Crippen MR) is 92.1 cm³/mol. The number of nitrogens with zero attached hydrogens (tertiary/aromatic N) is 3. The molecule has 0 aliphatic carbocycles. The number of carboxylic acid groups (broad SMARTS) is 1. The standard InChI is InChI=1S/C15H19N3O3S2/c1-8(2)18(5-12(20)21)11(19)6-22-14-13-9(3)10(4)23-15(13)17-7-16-14/h7-8H,5-6H2,1-4H3,(H,20,21). The van der Waals surface area contributed by atoms with Gasteiger partial charge in [-0.25, -0.2) is 9.97 Å². The number of amides is 1. The SMILES string of the molecule is Cc1sc2ncnc(SCC(=O)N(CC(=O)O)C(C)C)c2c1C. The zero-order chi connectivity index (χ0) is 17.1. The number of carboxylic acids is 1. The highest BCUT2D eigenvalue weighted by molar-refractivity contribution is 8.00. The average Bonchev–Trinajstić information content (AvgIpc) is 2.77. The summed E-state index contributed by atoms with van der Waals surface area (Å²) < 4.78 is 0. The number of thiophene rings is 1. The third kappa shape index (κ3) is 4.00. The van der Waals surface area contributed by atoms with Crippen LogP contribution in [0.2, 0.25) is 0 Å². The van der Waals surface area contributed by atoms with Crippen molar-refractivity contribution in [3.05, 3.63) is 16.8 Å². The van der Waals surface area contributed by atoms with E-state index in [1.807, 2.05) is 13.8 Å². The van der Waals surface area contributed by atoms with Crippen LogP contribution < -0.4 is 0 Å². The second kappa shape index (κ2) is 7.27. The molecule has 0 fully saturated rings. The molecule has 0 atom stereocenters. The van der Waals surface area contributed by atoms with Gasteiger partial charge in [-0.1, -0.05) is 11.8 Å². The molecular formula is C15H19N3O3S2. The fourth-order valence-electron chi connectivity index (χ4n) is 2.18. The van der Waals surface area contributed by atoms with E-state index in [0.717, 1.165) is 20.8 Å². The van der Waals surface area contributed by atoms with Crippen LogP contribution in [0.3, 0.4) is 0 Å². The lowest BCUT2D eigenvalue weighted by atomic mass is 10.2. The van der Waals surface area contributed by atoms with E-state index in [4.69, 9.17) is 5.11 Å². The van der Waals surface area contributed by atoms with Gasteiger partial charge >= 0.3 is 5.97 Å². The number of carbonyl (C=O) groups is 2. The van der Waals surface area contributed by atoms with Crippen LogP contribution in [0.5, 0.6) is 0 Å². The Morgan fingerprint density at radius 2 is 2.04 bits per heavy atom. The first-order valence-corrected chi connectivity index (χ1v) is 8.96. The topological polar surface area (TPSA) is 83.4 Å². The molecule has 0 radical (unpaired) electrons. The first kappa shape index (κ1) is 17.7. The van der Waals surface area contributed by atoms with Crippen molar-refractivity contribution < 1.29 is 14.7 Å². The molecule has 0 saturated carbocycles. The van der Waals surface area contributed by atoms with E-state index in [9.17, 15) is 9.59 Å². The second-order valence-electron chi connectivity index (χ2n) is 5.44. The summed E-state index contributed by atoms with van der Waals surface area (Å²) in [5.74, 6) is -1.05. The first-order valence-electron chi connectivity index (χ1n) is 7.16. The Bertz CT molecular complexity index is 743. The van der Waals surface area contributed by atoms with Gasteiger partial charge in [0.15, 0.2) is 0 Å². The molecule has 124 valence electrons. The van der Waals surface area contributed by atoms with Crippen molar-refractivity contribution in [2.75, 3.05) is 12.3 Å². The smallest absolute Gasteiger partial charge is 0.323 e. The van der Waals surface area contributed by atoms with Crippen LogP contribution in [0.1, 0.15) is 24.3 Å². The van der Waals surface area contributed by atoms with Gasteiger partial charge in [0.05, 0.1) is 5.75 Å². The molecule has 0 aliphatic heterocycles. The minimum absolute atomic E-state index is 0.158. The van der Waals surface area contributed by atoms with E-state index < -0.39 is 5.97 Å². The number of hydrogen-bond acceptors (Lipinski definition) is 6. The molecule has 2 aromatic rings. The lowest BCUT2D eigenvalue weighted by Gasteiger charge is -2.24. The molecule has 0 unspecified atom stereocenters. The summed E-state index contributed by atoms with van der Waals surface area (Å²) in [7, 11) is 0. The summed E-state index contributed by atoms with van der Waals surface area (Å²) in [6.07, 6.45) is 1.50. The fourth-order valence-corrected chi connectivity index (χ4v) is 4.18. The Morgan fingerprint density at radius 1 is 1.35 bits per heavy atom. The summed E-state index contributed by atoms with van der Waals surface area (Å²) in [5.41, 5.74) is 1.13. The number of thioether (sulfide) groups is 1. The van der Waals surface area contributed by atoms with Crippen molar-refractivity contribution in [3.8, 4) is 0 Å². The number of aliphatic carboxylic acids is 1. The third-order valence-electron chi connectivity index (χ3n) is 3.51. The minimum atomic E-state index is -1.01. The third-order valence-corrected chi connectivity index (χ3v) is 5.60. The monoisotopic (exact) mass is 353 g/mol. The normalized spacial score (nSPS) is 11.2. The zero-order valence-electron chi connectivity index (χ0n) is 13.5. The van der Waals surface area contributed by atoms with Gasteiger partial charge in [0.1, 0.15) is 22.7 Å². The predicted octanol–water partition coefficient (Wildman–Crippen LogP) is 2.72. The molecule has 0 bridgehead atoms. The molecule has 0 aliphatic rings. The molecule has 23 heavy (non-hydrogen) atoms. The molecule has 1 amide bonds. The maximum Gasteiger partial charge on any atom is 0.323 e. The van der Waals surface area contributed by atoms with Crippen molar-refractivity contribution in [2.24, 2.45) is 0 Å². The van der Waals surface area contributed by atoms with Crippen LogP contribution in [0.4, 0.5) is 0 Å². The number of hydrogen-bond donors (Lipinski definition) is 1. The molecule has 1 N–H and O–H groups in total. The van der Waals surface area contributed by atoms with Gasteiger partial charge in [-0.05, 0) is 33.3 Å². The first-order chi connectivity index (χ1) is 10.8. The molecule has 0 saturated heterocycles. The van der Waals surface area contributed by atoms with Gasteiger partial charge in [-0.15, -0.1) is 11.3 Å². The summed E-state index contributed by atoms with van der Waals surface area (Å²) in [4.78, 5) is 35.2. The maximum atomic E-state index is 12.3. The van der Waals surface area contributed by atoms with Crippen LogP contribution in [0.15, 0.2) is 11.4 Å². The number of rotatable bonds is 6. The maximum absolute atomic E-state index is 12.3. The summed E-state index contributed by atoms with van der Waals surface area (Å²) in [6, 6.07) is -0.158. The van der Waals surface area contributed by atoms with Crippen LogP contribution >= 0.6 is 23.1 Å². The van der Waals surface area contributed by atoms with Gasteiger partial charge in [-0.2, -0.15) is 0 Å². The highest BCUT2D eigenvalue weighted by Crippen LogP contribution is 2.34. The molecule has 6 nitrogen and oxygen atoms in total. The van der Waals surface area contributed by atoms with E-state index in [-0.39, 0.29) is 24.2 Å². The number of fused-ring (bicyclic) bond motifs is 1. The average molecular weight is 353 g/mol. The van der Waals surface area contributed by atoms with Crippen LogP contribution in [-0.2, 0) is 9.59 Å². The summed E-state index contributed by atoms with van der Waals surface area (Å²) >= 11 is 2.94. The molecule has 2 rings (SSSR count).